The molecule has 0 aliphatic heterocycles. The fraction of sp³-hybridized carbons (Fsp3) is 0.0769. The molecule has 0 atom stereocenters. The molecule has 0 radical (unpaired) electrons. The zero-order valence-electron chi connectivity index (χ0n) is 9.08. The minimum Gasteiger partial charge on any atom is -0.504 e. The molecule has 4 heteroatoms. The smallest absolute Gasteiger partial charge is 0.169 e. The lowest BCUT2D eigenvalue weighted by Crippen LogP contribution is -1.86. The van der Waals surface area contributed by atoms with Crippen LogP contribution in [0.15, 0.2) is 36.4 Å². The number of rotatable bonds is 2. The molecule has 88 valence electrons. The van der Waals surface area contributed by atoms with E-state index < -0.39 is 0 Å². The average Bonchev–Trinajstić information content (AvgIpc) is 2.25. The number of phenols is 1. The minimum absolute atomic E-state index is 0.0193. The Hall–Kier alpha value is -1.38. The van der Waals surface area contributed by atoms with E-state index in [1.54, 1.807) is 24.3 Å². The van der Waals surface area contributed by atoms with E-state index in [0.717, 1.165) is 5.56 Å². The number of ether oxygens (including phenoxy) is 1. The quantitative estimate of drug-likeness (QED) is 0.848. The number of hydrogen-bond acceptors (Lipinski definition) is 2. The molecule has 0 fully saturated rings. The van der Waals surface area contributed by atoms with Crippen molar-refractivity contribution in [3.8, 4) is 17.2 Å². The molecule has 1 N–H and O–H groups in total. The second-order valence-electron chi connectivity index (χ2n) is 3.65. The summed E-state index contributed by atoms with van der Waals surface area (Å²) in [5.74, 6) is 0.796. The molecule has 2 aromatic carbocycles. The molecule has 0 spiro atoms. The highest BCUT2D eigenvalue weighted by molar-refractivity contribution is 6.32. The molecule has 2 rings (SSSR count). The largest absolute Gasteiger partial charge is 0.504 e. The third-order valence-electron chi connectivity index (χ3n) is 2.23. The normalized spacial score (nSPS) is 10.3. The molecular formula is C13H10Cl2O2. The summed E-state index contributed by atoms with van der Waals surface area (Å²) in [6, 6.07) is 10.1. The van der Waals surface area contributed by atoms with Gasteiger partial charge in [0.05, 0.1) is 5.02 Å². The van der Waals surface area contributed by atoms with Gasteiger partial charge in [-0.2, -0.15) is 0 Å². The lowest BCUT2D eigenvalue weighted by Gasteiger charge is -2.09. The van der Waals surface area contributed by atoms with Gasteiger partial charge >= 0.3 is 0 Å². The van der Waals surface area contributed by atoms with Crippen molar-refractivity contribution in [3.63, 3.8) is 0 Å². The van der Waals surface area contributed by atoms with E-state index in [0.29, 0.717) is 21.5 Å². The van der Waals surface area contributed by atoms with E-state index in [-0.39, 0.29) is 5.75 Å². The number of phenolic OH excluding ortho intramolecular Hbond substituents is 1. The lowest BCUT2D eigenvalue weighted by atomic mass is 10.2. The molecule has 0 heterocycles. The Kier molecular flexibility index (Phi) is 3.46. The fourth-order valence-corrected chi connectivity index (χ4v) is 1.82. The summed E-state index contributed by atoms with van der Waals surface area (Å²) in [7, 11) is 0. The first-order valence-electron chi connectivity index (χ1n) is 4.99. The fourth-order valence-electron chi connectivity index (χ4n) is 1.38. The van der Waals surface area contributed by atoms with Crippen molar-refractivity contribution in [2.45, 2.75) is 6.92 Å². The number of aryl methyl sites for hydroxylation is 1. The zero-order chi connectivity index (χ0) is 12.4. The molecule has 0 amide bonds. The molecule has 0 saturated carbocycles. The predicted octanol–water partition coefficient (Wildman–Crippen LogP) is 4.80. The maximum Gasteiger partial charge on any atom is 0.169 e. The molecule has 0 bridgehead atoms. The van der Waals surface area contributed by atoms with E-state index >= 15 is 0 Å². The first-order chi connectivity index (χ1) is 8.06. The Bertz CT molecular complexity index is 504. The highest BCUT2D eigenvalue weighted by atomic mass is 35.5. The van der Waals surface area contributed by atoms with Crippen molar-refractivity contribution < 1.29 is 9.84 Å². The van der Waals surface area contributed by atoms with Crippen LogP contribution in [0.3, 0.4) is 0 Å². The van der Waals surface area contributed by atoms with Crippen LogP contribution in [0.4, 0.5) is 0 Å². The van der Waals surface area contributed by atoms with Crippen molar-refractivity contribution in [2.24, 2.45) is 0 Å². The third-order valence-corrected chi connectivity index (χ3v) is 2.76. The minimum atomic E-state index is -0.0193. The molecule has 2 aromatic rings. The van der Waals surface area contributed by atoms with Gasteiger partial charge in [-0.25, -0.2) is 0 Å². The predicted molar refractivity (Wildman–Crippen MR) is 69.4 cm³/mol. The van der Waals surface area contributed by atoms with Crippen LogP contribution in [0, 0.1) is 6.92 Å². The Morgan fingerprint density at radius 1 is 1.00 bits per heavy atom. The van der Waals surface area contributed by atoms with Crippen LogP contribution < -0.4 is 4.74 Å². The van der Waals surface area contributed by atoms with E-state index in [1.165, 1.54) is 6.07 Å². The van der Waals surface area contributed by atoms with Gasteiger partial charge in [-0.3, -0.25) is 0 Å². The van der Waals surface area contributed by atoms with Gasteiger partial charge < -0.3 is 9.84 Å². The molecule has 0 aliphatic carbocycles. The van der Waals surface area contributed by atoms with Gasteiger partial charge in [0.25, 0.3) is 0 Å². The first-order valence-corrected chi connectivity index (χ1v) is 5.74. The Labute approximate surface area is 109 Å². The monoisotopic (exact) mass is 268 g/mol. The van der Waals surface area contributed by atoms with Gasteiger partial charge in [0.15, 0.2) is 11.5 Å². The van der Waals surface area contributed by atoms with Crippen molar-refractivity contribution in [3.05, 3.63) is 52.0 Å². The number of halogens is 2. The van der Waals surface area contributed by atoms with Crippen LogP contribution in [0.1, 0.15) is 5.56 Å². The maximum atomic E-state index is 9.65. The Morgan fingerprint density at radius 3 is 2.35 bits per heavy atom. The van der Waals surface area contributed by atoms with Gasteiger partial charge in [-0.15, -0.1) is 0 Å². The van der Waals surface area contributed by atoms with Crippen LogP contribution >= 0.6 is 23.2 Å². The van der Waals surface area contributed by atoms with Crippen LogP contribution in [0.25, 0.3) is 0 Å². The van der Waals surface area contributed by atoms with Gasteiger partial charge in [0.1, 0.15) is 5.75 Å². The summed E-state index contributed by atoms with van der Waals surface area (Å²) in [6.45, 7) is 1.94. The zero-order valence-corrected chi connectivity index (χ0v) is 10.6. The molecule has 0 unspecified atom stereocenters. The standard InChI is InChI=1S/C13H10Cl2O2/c1-8-2-4-12(10(15)6-8)17-13-5-3-9(14)7-11(13)16/h2-7,16H,1H3. The molecule has 0 aliphatic rings. The van der Waals surface area contributed by atoms with Crippen LogP contribution in [-0.4, -0.2) is 5.11 Å². The molecular weight excluding hydrogens is 259 g/mol. The second-order valence-corrected chi connectivity index (χ2v) is 4.49. The van der Waals surface area contributed by atoms with Crippen LogP contribution in [0.2, 0.25) is 10.0 Å². The van der Waals surface area contributed by atoms with Crippen molar-refractivity contribution >= 4 is 23.2 Å². The summed E-state index contributed by atoms with van der Waals surface area (Å²) in [6.07, 6.45) is 0. The summed E-state index contributed by atoms with van der Waals surface area (Å²) in [4.78, 5) is 0. The number of hydrogen-bond donors (Lipinski definition) is 1. The number of aromatic hydroxyl groups is 1. The van der Waals surface area contributed by atoms with Gasteiger partial charge in [0, 0.05) is 11.1 Å². The Morgan fingerprint density at radius 2 is 1.71 bits per heavy atom. The SMILES string of the molecule is Cc1ccc(Oc2ccc(Cl)cc2O)c(Cl)c1. The second kappa shape index (κ2) is 4.86. The third kappa shape index (κ3) is 2.84. The lowest BCUT2D eigenvalue weighted by molar-refractivity contribution is 0.411. The molecule has 2 nitrogen and oxygen atoms in total. The van der Waals surface area contributed by atoms with Crippen LogP contribution in [0.5, 0.6) is 17.2 Å². The highest BCUT2D eigenvalue weighted by Gasteiger charge is 2.07. The van der Waals surface area contributed by atoms with Crippen molar-refractivity contribution in [2.75, 3.05) is 0 Å². The van der Waals surface area contributed by atoms with Gasteiger partial charge in [-0.05, 0) is 36.8 Å². The average molecular weight is 269 g/mol. The topological polar surface area (TPSA) is 29.5 Å². The molecule has 17 heavy (non-hydrogen) atoms. The summed E-state index contributed by atoms with van der Waals surface area (Å²) < 4.78 is 5.51. The molecule has 0 aromatic heterocycles. The van der Waals surface area contributed by atoms with E-state index in [4.69, 9.17) is 27.9 Å². The van der Waals surface area contributed by atoms with E-state index in [1.807, 2.05) is 13.0 Å². The first kappa shape index (κ1) is 12.1. The van der Waals surface area contributed by atoms with Crippen molar-refractivity contribution in [1.29, 1.82) is 0 Å². The van der Waals surface area contributed by atoms with Gasteiger partial charge in [0.2, 0.25) is 0 Å². The summed E-state index contributed by atoms with van der Waals surface area (Å²) in [5.41, 5.74) is 1.04. The van der Waals surface area contributed by atoms with Gasteiger partial charge in [-0.1, -0.05) is 29.3 Å². The molecule has 0 saturated heterocycles. The highest BCUT2D eigenvalue weighted by Crippen LogP contribution is 2.35. The maximum absolute atomic E-state index is 9.65. The summed E-state index contributed by atoms with van der Waals surface area (Å²) >= 11 is 11.8. The van der Waals surface area contributed by atoms with Crippen LogP contribution in [-0.2, 0) is 0 Å². The van der Waals surface area contributed by atoms with E-state index in [9.17, 15) is 5.11 Å². The Balaban J connectivity index is 2.31. The van der Waals surface area contributed by atoms with Crippen molar-refractivity contribution in [1.82, 2.24) is 0 Å². The number of benzene rings is 2. The summed E-state index contributed by atoms with van der Waals surface area (Å²) in [5, 5.41) is 10.6. The van der Waals surface area contributed by atoms with E-state index in [2.05, 4.69) is 0 Å².